The predicted octanol–water partition coefficient (Wildman–Crippen LogP) is 3.81. The SMILES string of the molecule is CCC1CCCC(C(=O)c2ccc(N)c(F)c2)C1. The number of hydrogen-bond donors (Lipinski definition) is 1. The first-order valence-electron chi connectivity index (χ1n) is 6.71. The minimum atomic E-state index is -0.497. The molecule has 0 bridgehead atoms. The molecule has 1 fully saturated rings. The number of benzene rings is 1. The normalized spacial score (nSPS) is 23.9. The van der Waals surface area contributed by atoms with E-state index in [1.807, 2.05) is 0 Å². The molecule has 18 heavy (non-hydrogen) atoms. The lowest BCUT2D eigenvalue weighted by atomic mass is 9.77. The van der Waals surface area contributed by atoms with Crippen LogP contribution in [-0.2, 0) is 0 Å². The van der Waals surface area contributed by atoms with E-state index in [2.05, 4.69) is 6.92 Å². The molecule has 2 N–H and O–H groups in total. The summed E-state index contributed by atoms with van der Waals surface area (Å²) in [5, 5.41) is 0. The molecule has 3 heteroatoms. The Balaban J connectivity index is 2.12. The van der Waals surface area contributed by atoms with Gasteiger partial charge in [0.1, 0.15) is 5.82 Å². The van der Waals surface area contributed by atoms with Crippen LogP contribution >= 0.6 is 0 Å². The zero-order valence-electron chi connectivity index (χ0n) is 10.8. The summed E-state index contributed by atoms with van der Waals surface area (Å²) in [4.78, 5) is 12.3. The maximum absolute atomic E-state index is 13.4. The monoisotopic (exact) mass is 249 g/mol. The van der Waals surface area contributed by atoms with Crippen LogP contribution in [0.5, 0.6) is 0 Å². The second-order valence-corrected chi connectivity index (χ2v) is 5.24. The molecule has 2 rings (SSSR count). The number of carbonyl (C=O) groups excluding carboxylic acids is 1. The second-order valence-electron chi connectivity index (χ2n) is 5.24. The third kappa shape index (κ3) is 2.71. The Morgan fingerprint density at radius 2 is 2.22 bits per heavy atom. The molecular weight excluding hydrogens is 229 g/mol. The van der Waals surface area contributed by atoms with E-state index in [0.29, 0.717) is 11.5 Å². The minimum absolute atomic E-state index is 0.0618. The maximum Gasteiger partial charge on any atom is 0.166 e. The fourth-order valence-electron chi connectivity index (χ4n) is 2.82. The van der Waals surface area contributed by atoms with Crippen molar-refractivity contribution >= 4 is 11.5 Å². The van der Waals surface area contributed by atoms with E-state index >= 15 is 0 Å². The predicted molar refractivity (Wildman–Crippen MR) is 70.9 cm³/mol. The largest absolute Gasteiger partial charge is 0.396 e. The Morgan fingerprint density at radius 1 is 1.44 bits per heavy atom. The Labute approximate surface area is 107 Å². The van der Waals surface area contributed by atoms with Gasteiger partial charge in [0.05, 0.1) is 5.69 Å². The molecule has 0 amide bonds. The highest BCUT2D eigenvalue weighted by Gasteiger charge is 2.27. The summed E-state index contributed by atoms with van der Waals surface area (Å²) in [5.41, 5.74) is 5.98. The van der Waals surface area contributed by atoms with Gasteiger partial charge in [0.25, 0.3) is 0 Å². The molecule has 0 radical (unpaired) electrons. The molecule has 1 aromatic carbocycles. The first kappa shape index (κ1) is 13.1. The van der Waals surface area contributed by atoms with Crippen molar-refractivity contribution < 1.29 is 9.18 Å². The van der Waals surface area contributed by atoms with Crippen LogP contribution in [0.4, 0.5) is 10.1 Å². The fraction of sp³-hybridized carbons (Fsp3) is 0.533. The molecule has 1 aliphatic rings. The molecule has 0 spiro atoms. The number of anilines is 1. The van der Waals surface area contributed by atoms with Crippen molar-refractivity contribution in [2.24, 2.45) is 11.8 Å². The van der Waals surface area contributed by atoms with Crippen molar-refractivity contribution in [3.63, 3.8) is 0 Å². The van der Waals surface area contributed by atoms with Crippen LogP contribution in [0, 0.1) is 17.7 Å². The summed E-state index contributed by atoms with van der Waals surface area (Å²) in [6.45, 7) is 2.17. The van der Waals surface area contributed by atoms with Gasteiger partial charge >= 0.3 is 0 Å². The van der Waals surface area contributed by atoms with E-state index in [1.165, 1.54) is 18.6 Å². The molecule has 98 valence electrons. The molecule has 2 unspecified atom stereocenters. The number of hydrogen-bond acceptors (Lipinski definition) is 2. The molecule has 0 saturated heterocycles. The number of Topliss-reactive ketones (excluding diaryl/α,β-unsaturated/α-hetero) is 1. The van der Waals surface area contributed by atoms with Crippen LogP contribution < -0.4 is 5.73 Å². The molecule has 0 aliphatic heterocycles. The van der Waals surface area contributed by atoms with Crippen molar-refractivity contribution in [2.45, 2.75) is 39.0 Å². The molecule has 1 aromatic rings. The zero-order chi connectivity index (χ0) is 13.1. The van der Waals surface area contributed by atoms with Crippen LogP contribution in [0.2, 0.25) is 0 Å². The average molecular weight is 249 g/mol. The van der Waals surface area contributed by atoms with Crippen molar-refractivity contribution in [1.29, 1.82) is 0 Å². The maximum atomic E-state index is 13.4. The smallest absolute Gasteiger partial charge is 0.166 e. The summed E-state index contributed by atoms with van der Waals surface area (Å²) in [6.07, 6.45) is 5.32. The summed E-state index contributed by atoms with van der Waals surface area (Å²) >= 11 is 0. The van der Waals surface area contributed by atoms with E-state index in [9.17, 15) is 9.18 Å². The number of carbonyl (C=O) groups is 1. The lowest BCUT2D eigenvalue weighted by molar-refractivity contribution is 0.0861. The Morgan fingerprint density at radius 3 is 2.89 bits per heavy atom. The summed E-state index contributed by atoms with van der Waals surface area (Å²) in [6, 6.07) is 4.38. The van der Waals surface area contributed by atoms with Gasteiger partial charge in [-0.15, -0.1) is 0 Å². The van der Waals surface area contributed by atoms with Crippen molar-refractivity contribution in [1.82, 2.24) is 0 Å². The van der Waals surface area contributed by atoms with Gasteiger partial charge in [0, 0.05) is 11.5 Å². The topological polar surface area (TPSA) is 43.1 Å². The molecule has 0 aromatic heterocycles. The molecule has 2 nitrogen and oxygen atoms in total. The Kier molecular flexibility index (Phi) is 4.00. The quantitative estimate of drug-likeness (QED) is 0.654. The van der Waals surface area contributed by atoms with E-state index < -0.39 is 5.82 Å². The number of nitrogen functional groups attached to an aromatic ring is 1. The highest BCUT2D eigenvalue weighted by atomic mass is 19.1. The molecular formula is C15H20FNO. The van der Waals surface area contributed by atoms with Gasteiger partial charge in [-0.05, 0) is 37.0 Å². The van der Waals surface area contributed by atoms with Crippen molar-refractivity contribution in [2.75, 3.05) is 5.73 Å². The molecule has 1 saturated carbocycles. The number of rotatable bonds is 3. The van der Waals surface area contributed by atoms with Crippen LogP contribution in [0.25, 0.3) is 0 Å². The van der Waals surface area contributed by atoms with Crippen LogP contribution in [0.1, 0.15) is 49.4 Å². The number of nitrogens with two attached hydrogens (primary N) is 1. The van der Waals surface area contributed by atoms with E-state index in [1.54, 1.807) is 6.07 Å². The zero-order valence-corrected chi connectivity index (χ0v) is 10.8. The van der Waals surface area contributed by atoms with E-state index in [0.717, 1.165) is 25.7 Å². The van der Waals surface area contributed by atoms with Gasteiger partial charge in [-0.2, -0.15) is 0 Å². The molecule has 2 atom stereocenters. The number of halogens is 1. The Hall–Kier alpha value is -1.38. The van der Waals surface area contributed by atoms with Gasteiger partial charge in [-0.3, -0.25) is 4.79 Å². The van der Waals surface area contributed by atoms with E-state index in [4.69, 9.17) is 5.73 Å². The highest BCUT2D eigenvalue weighted by molar-refractivity contribution is 5.98. The first-order chi connectivity index (χ1) is 8.61. The van der Waals surface area contributed by atoms with Gasteiger partial charge < -0.3 is 5.73 Å². The van der Waals surface area contributed by atoms with Crippen LogP contribution in [-0.4, -0.2) is 5.78 Å². The fourth-order valence-corrected chi connectivity index (χ4v) is 2.82. The Bertz CT molecular complexity index is 444. The van der Waals surface area contributed by atoms with Gasteiger partial charge in [0.15, 0.2) is 5.78 Å². The third-order valence-corrected chi connectivity index (χ3v) is 4.02. The van der Waals surface area contributed by atoms with Crippen LogP contribution in [0.15, 0.2) is 18.2 Å². The molecule has 1 aliphatic carbocycles. The first-order valence-corrected chi connectivity index (χ1v) is 6.71. The lowest BCUT2D eigenvalue weighted by Gasteiger charge is -2.27. The second kappa shape index (κ2) is 5.51. The lowest BCUT2D eigenvalue weighted by Crippen LogP contribution is -2.23. The molecule has 0 heterocycles. The average Bonchev–Trinajstić information content (AvgIpc) is 2.41. The minimum Gasteiger partial charge on any atom is -0.396 e. The third-order valence-electron chi connectivity index (χ3n) is 4.02. The van der Waals surface area contributed by atoms with E-state index in [-0.39, 0.29) is 17.4 Å². The standard InChI is InChI=1S/C15H20FNO/c1-2-10-4-3-5-11(8-10)15(18)12-6-7-14(17)13(16)9-12/h6-7,9-11H,2-5,8,17H2,1H3. The number of ketones is 1. The van der Waals surface area contributed by atoms with Crippen molar-refractivity contribution in [3.8, 4) is 0 Å². The van der Waals surface area contributed by atoms with Gasteiger partial charge in [0.2, 0.25) is 0 Å². The van der Waals surface area contributed by atoms with Crippen molar-refractivity contribution in [3.05, 3.63) is 29.6 Å². The summed E-state index contributed by atoms with van der Waals surface area (Å²) < 4.78 is 13.4. The highest BCUT2D eigenvalue weighted by Crippen LogP contribution is 2.33. The van der Waals surface area contributed by atoms with Gasteiger partial charge in [-0.25, -0.2) is 4.39 Å². The van der Waals surface area contributed by atoms with Crippen LogP contribution in [0.3, 0.4) is 0 Å². The summed E-state index contributed by atoms with van der Waals surface area (Å²) in [5.74, 6) is 0.286. The summed E-state index contributed by atoms with van der Waals surface area (Å²) in [7, 11) is 0. The van der Waals surface area contributed by atoms with Gasteiger partial charge in [-0.1, -0.05) is 26.2 Å².